The Hall–Kier alpha value is -1.04. The third kappa shape index (κ3) is 5.23. The first-order chi connectivity index (χ1) is 11.0. The summed E-state index contributed by atoms with van der Waals surface area (Å²) in [5.41, 5.74) is 1.91. The van der Waals surface area contributed by atoms with Gasteiger partial charge in [-0.2, -0.15) is 0 Å². The van der Waals surface area contributed by atoms with Crippen LogP contribution in [-0.4, -0.2) is 0 Å². The van der Waals surface area contributed by atoms with Crippen LogP contribution in [-0.2, 0) is 0 Å². The molecule has 4 atom stereocenters. The Labute approximate surface area is 145 Å². The molecule has 0 heteroatoms. The Morgan fingerprint density at radius 2 is 1.96 bits per heavy atom. The normalized spacial score (nSPS) is 26.5. The second kappa shape index (κ2) is 9.96. The third-order valence-electron chi connectivity index (χ3n) is 5.91. The zero-order valence-electron chi connectivity index (χ0n) is 16.0. The zero-order chi connectivity index (χ0) is 17.3. The first-order valence-corrected chi connectivity index (χ1v) is 9.65. The summed E-state index contributed by atoms with van der Waals surface area (Å²) < 4.78 is 0. The monoisotopic (exact) mass is 314 g/mol. The van der Waals surface area contributed by atoms with Crippen molar-refractivity contribution < 1.29 is 0 Å². The molecular weight excluding hydrogens is 276 g/mol. The molecule has 0 amide bonds. The first-order valence-electron chi connectivity index (χ1n) is 9.65. The lowest BCUT2D eigenvalue weighted by molar-refractivity contribution is 0.283. The Morgan fingerprint density at radius 1 is 1.22 bits per heavy atom. The van der Waals surface area contributed by atoms with E-state index in [0.29, 0.717) is 17.3 Å². The van der Waals surface area contributed by atoms with Gasteiger partial charge < -0.3 is 0 Å². The molecule has 0 nitrogen and oxygen atoms in total. The maximum Gasteiger partial charge on any atom is -0.00283 e. The largest absolute Gasteiger partial charge is 0.103 e. The van der Waals surface area contributed by atoms with E-state index >= 15 is 0 Å². The highest BCUT2D eigenvalue weighted by Gasteiger charge is 2.57. The highest BCUT2D eigenvalue weighted by atomic mass is 14.6. The van der Waals surface area contributed by atoms with E-state index in [9.17, 15) is 0 Å². The van der Waals surface area contributed by atoms with Crippen LogP contribution in [0.1, 0.15) is 72.6 Å². The van der Waals surface area contributed by atoms with Gasteiger partial charge in [0.15, 0.2) is 0 Å². The van der Waals surface area contributed by atoms with Gasteiger partial charge in [0.05, 0.1) is 0 Å². The molecule has 0 aromatic carbocycles. The molecule has 23 heavy (non-hydrogen) atoms. The molecule has 0 aromatic heterocycles. The van der Waals surface area contributed by atoms with Crippen LogP contribution in [0.15, 0.2) is 49.1 Å². The Kier molecular flexibility index (Phi) is 8.66. The zero-order valence-corrected chi connectivity index (χ0v) is 16.0. The fourth-order valence-corrected chi connectivity index (χ4v) is 4.13. The first kappa shape index (κ1) is 20.0. The van der Waals surface area contributed by atoms with Gasteiger partial charge in [-0.25, -0.2) is 0 Å². The summed E-state index contributed by atoms with van der Waals surface area (Å²) in [5.74, 6) is 2.16. The average molecular weight is 315 g/mol. The standard InChI is InChI=1S/C23H38/c1-7-10-12-13-15-16-19(4)21(6)23(18-22(23)9-3)20(5)17-14-11-8-2/h8,10,12,15-16,19,21-22H,2,5,7,9,11,13-14,17-18H2,1,3-4,6H3. The van der Waals surface area contributed by atoms with E-state index in [1.54, 1.807) is 0 Å². The molecule has 130 valence electrons. The van der Waals surface area contributed by atoms with Gasteiger partial charge in [-0.1, -0.05) is 76.6 Å². The van der Waals surface area contributed by atoms with Gasteiger partial charge >= 0.3 is 0 Å². The van der Waals surface area contributed by atoms with Crippen LogP contribution in [0.5, 0.6) is 0 Å². The number of allylic oxidation sites excluding steroid dienone is 6. The van der Waals surface area contributed by atoms with Crippen LogP contribution in [0.25, 0.3) is 0 Å². The fraction of sp³-hybridized carbons (Fsp3) is 0.652. The van der Waals surface area contributed by atoms with Gasteiger partial charge in [0.1, 0.15) is 0 Å². The second-order valence-corrected chi connectivity index (χ2v) is 7.33. The second-order valence-electron chi connectivity index (χ2n) is 7.33. The predicted molar refractivity (Wildman–Crippen MR) is 106 cm³/mol. The van der Waals surface area contributed by atoms with E-state index < -0.39 is 0 Å². The molecule has 4 unspecified atom stereocenters. The highest BCUT2D eigenvalue weighted by Crippen LogP contribution is 2.66. The predicted octanol–water partition coefficient (Wildman–Crippen LogP) is 7.50. The lowest BCUT2D eigenvalue weighted by atomic mass is 9.73. The summed E-state index contributed by atoms with van der Waals surface area (Å²) in [6, 6.07) is 0. The minimum atomic E-state index is 0.402. The maximum atomic E-state index is 4.51. The smallest absolute Gasteiger partial charge is 0.00283 e. The van der Waals surface area contributed by atoms with Gasteiger partial charge in [0.25, 0.3) is 0 Å². The summed E-state index contributed by atoms with van der Waals surface area (Å²) in [5, 5.41) is 0. The molecule has 0 saturated heterocycles. The molecule has 1 rings (SSSR count). The van der Waals surface area contributed by atoms with E-state index in [-0.39, 0.29) is 0 Å². The van der Waals surface area contributed by atoms with Crippen LogP contribution in [0, 0.1) is 23.2 Å². The lowest BCUT2D eigenvalue weighted by Crippen LogP contribution is -2.23. The van der Waals surface area contributed by atoms with E-state index in [1.165, 1.54) is 31.3 Å². The van der Waals surface area contributed by atoms with Gasteiger partial charge in [-0.3, -0.25) is 0 Å². The number of hydrogen-bond acceptors (Lipinski definition) is 0. The minimum Gasteiger partial charge on any atom is -0.103 e. The maximum absolute atomic E-state index is 4.51. The summed E-state index contributed by atoms with van der Waals surface area (Å²) in [6.45, 7) is 17.7. The fourth-order valence-electron chi connectivity index (χ4n) is 4.13. The van der Waals surface area contributed by atoms with Crippen molar-refractivity contribution in [3.05, 3.63) is 49.1 Å². The summed E-state index contributed by atoms with van der Waals surface area (Å²) in [6.07, 6.45) is 19.6. The molecule has 0 spiro atoms. The molecule has 0 bridgehead atoms. The molecule has 0 aromatic rings. The van der Waals surface area contributed by atoms with Crippen molar-refractivity contribution in [1.82, 2.24) is 0 Å². The van der Waals surface area contributed by atoms with Gasteiger partial charge in [0.2, 0.25) is 0 Å². The summed E-state index contributed by atoms with van der Waals surface area (Å²) >= 11 is 0. The van der Waals surface area contributed by atoms with Crippen LogP contribution in [0.4, 0.5) is 0 Å². The lowest BCUT2D eigenvalue weighted by Gasteiger charge is -2.31. The van der Waals surface area contributed by atoms with Crippen molar-refractivity contribution in [1.29, 1.82) is 0 Å². The number of hydrogen-bond donors (Lipinski definition) is 0. The molecule has 0 N–H and O–H groups in total. The average Bonchev–Trinajstić information content (AvgIpc) is 3.29. The topological polar surface area (TPSA) is 0 Å². The Morgan fingerprint density at radius 3 is 2.52 bits per heavy atom. The van der Waals surface area contributed by atoms with Crippen molar-refractivity contribution in [2.24, 2.45) is 23.2 Å². The van der Waals surface area contributed by atoms with E-state index in [0.717, 1.165) is 25.2 Å². The third-order valence-corrected chi connectivity index (χ3v) is 5.91. The highest BCUT2D eigenvalue weighted by molar-refractivity contribution is 5.25. The summed E-state index contributed by atoms with van der Waals surface area (Å²) in [4.78, 5) is 0. The molecule has 0 aliphatic heterocycles. The van der Waals surface area contributed by atoms with Gasteiger partial charge in [0, 0.05) is 0 Å². The van der Waals surface area contributed by atoms with Crippen LogP contribution >= 0.6 is 0 Å². The minimum absolute atomic E-state index is 0.402. The molecule has 0 radical (unpaired) electrons. The Bertz CT molecular complexity index is 425. The van der Waals surface area contributed by atoms with Gasteiger partial charge in [-0.15, -0.1) is 6.58 Å². The Balaban J connectivity index is 2.67. The van der Waals surface area contributed by atoms with Crippen molar-refractivity contribution in [2.45, 2.75) is 72.6 Å². The van der Waals surface area contributed by atoms with Crippen LogP contribution in [0.2, 0.25) is 0 Å². The molecule has 1 aliphatic carbocycles. The van der Waals surface area contributed by atoms with Crippen molar-refractivity contribution in [3.8, 4) is 0 Å². The number of unbranched alkanes of at least 4 members (excludes halogenated alkanes) is 1. The van der Waals surface area contributed by atoms with Crippen LogP contribution in [0.3, 0.4) is 0 Å². The van der Waals surface area contributed by atoms with E-state index in [4.69, 9.17) is 0 Å². The molecule has 1 aliphatic rings. The van der Waals surface area contributed by atoms with Crippen molar-refractivity contribution in [3.63, 3.8) is 0 Å². The van der Waals surface area contributed by atoms with E-state index in [1.807, 2.05) is 6.08 Å². The van der Waals surface area contributed by atoms with Crippen LogP contribution < -0.4 is 0 Å². The molecular formula is C23H38. The molecule has 0 heterocycles. The number of rotatable bonds is 12. The molecule has 1 saturated carbocycles. The van der Waals surface area contributed by atoms with E-state index in [2.05, 4.69) is 65.2 Å². The quantitative estimate of drug-likeness (QED) is 0.258. The van der Waals surface area contributed by atoms with Gasteiger partial charge in [-0.05, 0) is 61.7 Å². The van der Waals surface area contributed by atoms with Crippen molar-refractivity contribution in [2.75, 3.05) is 0 Å². The summed E-state index contributed by atoms with van der Waals surface area (Å²) in [7, 11) is 0. The molecule has 1 fully saturated rings. The van der Waals surface area contributed by atoms with Crippen molar-refractivity contribution >= 4 is 0 Å². The SMILES string of the molecule is C=CCCCC(=C)C1(C(C)C(C)C=CCC=CCC)CC1CC.